The Hall–Kier alpha value is -2.62. The maximum atomic E-state index is 14.4. The zero-order chi connectivity index (χ0) is 21.5. The minimum atomic E-state index is -3.35. The summed E-state index contributed by atoms with van der Waals surface area (Å²) in [5.74, 6) is 0.0427. The van der Waals surface area contributed by atoms with E-state index in [4.69, 9.17) is 4.74 Å². The lowest BCUT2D eigenvalue weighted by molar-refractivity contribution is 0.0981. The fraction of sp³-hybridized carbons (Fsp3) is 0.500. The zero-order valence-electron chi connectivity index (χ0n) is 16.9. The van der Waals surface area contributed by atoms with Gasteiger partial charge in [0.2, 0.25) is 0 Å². The van der Waals surface area contributed by atoms with E-state index < -0.39 is 21.7 Å². The molecule has 1 aliphatic heterocycles. The van der Waals surface area contributed by atoms with Gasteiger partial charge in [-0.2, -0.15) is 5.10 Å². The predicted octanol–water partition coefficient (Wildman–Crippen LogP) is 3.39. The minimum Gasteiger partial charge on any atom is -0.446 e. The van der Waals surface area contributed by atoms with Crippen LogP contribution in [0.25, 0.3) is 0 Å². The van der Waals surface area contributed by atoms with Gasteiger partial charge in [-0.05, 0) is 57.2 Å². The van der Waals surface area contributed by atoms with Gasteiger partial charge in [-0.1, -0.05) is 0 Å². The van der Waals surface area contributed by atoms with Crippen LogP contribution in [0.15, 0.2) is 23.1 Å². The number of amides is 1. The van der Waals surface area contributed by atoms with Gasteiger partial charge in [0.1, 0.15) is 11.9 Å². The lowest BCUT2D eigenvalue weighted by Crippen LogP contribution is -2.33. The fourth-order valence-electron chi connectivity index (χ4n) is 4.11. The topological polar surface area (TPSA) is 113 Å². The van der Waals surface area contributed by atoms with Crippen LogP contribution in [0, 0.1) is 5.82 Å². The Kier molecular flexibility index (Phi) is 5.44. The Morgan fingerprint density at radius 2 is 2.13 bits per heavy atom. The van der Waals surface area contributed by atoms with Gasteiger partial charge >= 0.3 is 6.09 Å². The number of carbonyl (C=O) groups excluding carboxylic acids is 1. The number of fused-ring (bicyclic) bond motifs is 1. The summed E-state index contributed by atoms with van der Waals surface area (Å²) in [6.45, 7) is 3.75. The summed E-state index contributed by atoms with van der Waals surface area (Å²) < 4.78 is 44.1. The molecular formula is C20H25FN4O4S. The second-order valence-electron chi connectivity index (χ2n) is 8.14. The van der Waals surface area contributed by atoms with Gasteiger partial charge in [0.05, 0.1) is 16.3 Å². The lowest BCUT2D eigenvalue weighted by Gasteiger charge is -2.14. The molecule has 1 aromatic carbocycles. The van der Waals surface area contributed by atoms with Crippen LogP contribution in [0.5, 0.6) is 0 Å². The van der Waals surface area contributed by atoms with E-state index in [0.717, 1.165) is 18.5 Å². The van der Waals surface area contributed by atoms with E-state index in [1.165, 1.54) is 12.1 Å². The average Bonchev–Trinajstić information content (AvgIpc) is 3.36. The number of nitrogens with one attached hydrogen (secondary N) is 3. The lowest BCUT2D eigenvalue weighted by atomic mass is 10.0. The Labute approximate surface area is 174 Å². The van der Waals surface area contributed by atoms with Crippen molar-refractivity contribution in [2.45, 2.75) is 62.5 Å². The molecule has 0 unspecified atom stereocenters. The zero-order valence-corrected chi connectivity index (χ0v) is 17.7. The van der Waals surface area contributed by atoms with E-state index in [1.807, 2.05) is 13.8 Å². The largest absolute Gasteiger partial charge is 0.446 e. The molecule has 3 N–H and O–H groups in total. The van der Waals surface area contributed by atoms with Crippen molar-refractivity contribution in [1.82, 2.24) is 15.5 Å². The second kappa shape index (κ2) is 7.90. The Bertz CT molecular complexity index is 1070. The number of nitrogens with zero attached hydrogens (tertiary/aromatic N) is 1. The molecule has 0 saturated heterocycles. The third-order valence-electron chi connectivity index (χ3n) is 5.53. The smallest absolute Gasteiger partial charge is 0.407 e. The minimum absolute atomic E-state index is 0.0138. The van der Waals surface area contributed by atoms with E-state index in [9.17, 15) is 17.6 Å². The van der Waals surface area contributed by atoms with Gasteiger partial charge in [0.25, 0.3) is 0 Å². The van der Waals surface area contributed by atoms with Crippen LogP contribution in [0.2, 0.25) is 0 Å². The molecule has 2 heterocycles. The molecule has 2 aromatic rings. The number of aromatic amines is 1. The number of carbonyl (C=O) groups is 1. The first kappa shape index (κ1) is 20.6. The molecule has 10 heteroatoms. The molecular weight excluding hydrogens is 411 g/mol. The maximum absolute atomic E-state index is 14.4. The molecule has 1 aromatic heterocycles. The Morgan fingerprint density at radius 3 is 2.90 bits per heavy atom. The fourth-order valence-corrected chi connectivity index (χ4v) is 5.66. The summed E-state index contributed by atoms with van der Waals surface area (Å²) in [6.07, 6.45) is 1.99. The molecule has 2 atom stereocenters. The molecule has 2 aliphatic rings. The van der Waals surface area contributed by atoms with Gasteiger partial charge in [0, 0.05) is 23.7 Å². The highest BCUT2D eigenvalue weighted by Gasteiger charge is 2.32. The summed E-state index contributed by atoms with van der Waals surface area (Å²) in [4.78, 5) is 12.0. The number of aromatic nitrogens is 2. The van der Waals surface area contributed by atoms with Gasteiger partial charge in [-0.15, -0.1) is 0 Å². The van der Waals surface area contributed by atoms with Crippen LogP contribution < -0.4 is 10.6 Å². The Balaban J connectivity index is 1.44. The van der Waals surface area contributed by atoms with Gasteiger partial charge in [-0.3, -0.25) is 5.10 Å². The van der Waals surface area contributed by atoms with Crippen molar-refractivity contribution < 1.29 is 22.3 Å². The molecule has 8 nitrogen and oxygen atoms in total. The molecule has 1 saturated carbocycles. The molecule has 1 fully saturated rings. The van der Waals surface area contributed by atoms with E-state index in [1.54, 1.807) is 6.07 Å². The number of H-pyrrole nitrogens is 1. The van der Waals surface area contributed by atoms with E-state index in [-0.39, 0.29) is 40.8 Å². The third-order valence-corrected chi connectivity index (χ3v) is 7.32. The van der Waals surface area contributed by atoms with E-state index in [0.29, 0.717) is 17.8 Å². The number of halogens is 1. The third kappa shape index (κ3) is 4.14. The summed E-state index contributed by atoms with van der Waals surface area (Å²) in [5, 5.41) is 12.8. The molecule has 0 bridgehead atoms. The summed E-state index contributed by atoms with van der Waals surface area (Å²) in [7, 11) is -3.35. The summed E-state index contributed by atoms with van der Waals surface area (Å²) in [6, 6.07) is 4.30. The molecule has 0 radical (unpaired) electrons. The molecule has 0 spiro atoms. The van der Waals surface area contributed by atoms with Crippen LogP contribution in [0.1, 0.15) is 50.3 Å². The SMILES string of the molecule is CC(C)NC(=O)O[C@@H]1CC[C@H](c2cc(Nc3c(F)ccc4c3CCS4(=O)=O)n[nH]2)C1. The van der Waals surface area contributed by atoms with Gasteiger partial charge in [-0.25, -0.2) is 17.6 Å². The standard InChI is InChI=1S/C20H25FN4O4S/c1-11(2)22-20(26)29-13-4-3-12(9-13)16-10-18(25-24-16)23-19-14-7-8-30(27,28)17(14)6-5-15(19)21/h5-6,10-13H,3-4,7-9H2,1-2H3,(H,22,26)(H2,23,24,25)/t12-,13+/m0/s1. The van der Waals surface area contributed by atoms with Crippen LogP contribution >= 0.6 is 0 Å². The number of hydrogen-bond acceptors (Lipinski definition) is 6. The van der Waals surface area contributed by atoms with Crippen LogP contribution in [-0.4, -0.2) is 42.6 Å². The number of anilines is 2. The predicted molar refractivity (Wildman–Crippen MR) is 109 cm³/mol. The first-order valence-corrected chi connectivity index (χ1v) is 11.7. The van der Waals surface area contributed by atoms with E-state index >= 15 is 0 Å². The highest BCUT2D eigenvalue weighted by molar-refractivity contribution is 7.91. The summed E-state index contributed by atoms with van der Waals surface area (Å²) in [5.41, 5.74) is 1.49. The normalized spacial score (nSPS) is 22.1. The number of ether oxygens (including phenoxy) is 1. The quantitative estimate of drug-likeness (QED) is 0.619. The van der Waals surface area contributed by atoms with Crippen molar-refractivity contribution in [1.29, 1.82) is 0 Å². The van der Waals surface area contributed by atoms with Crippen molar-refractivity contribution >= 4 is 27.4 Å². The van der Waals surface area contributed by atoms with Crippen LogP contribution in [-0.2, 0) is 21.0 Å². The molecule has 1 amide bonds. The van der Waals surface area contributed by atoms with Gasteiger partial charge in [0.15, 0.2) is 15.7 Å². The number of sulfone groups is 1. The summed E-state index contributed by atoms with van der Waals surface area (Å²) >= 11 is 0. The van der Waals surface area contributed by atoms with Crippen LogP contribution in [0.3, 0.4) is 0 Å². The van der Waals surface area contributed by atoms with Crippen LogP contribution in [0.4, 0.5) is 20.7 Å². The second-order valence-corrected chi connectivity index (χ2v) is 10.2. The number of rotatable bonds is 5. The number of benzene rings is 1. The number of alkyl carbamates (subject to hydrolysis) is 1. The van der Waals surface area contributed by atoms with E-state index in [2.05, 4.69) is 20.8 Å². The molecule has 4 rings (SSSR count). The highest BCUT2D eigenvalue weighted by atomic mass is 32.2. The molecule has 1 aliphatic carbocycles. The number of hydrogen-bond donors (Lipinski definition) is 3. The van der Waals surface area contributed by atoms with Crippen molar-refractivity contribution in [3.8, 4) is 0 Å². The first-order valence-electron chi connectivity index (χ1n) is 10.1. The van der Waals surface area contributed by atoms with Gasteiger partial charge < -0.3 is 15.4 Å². The maximum Gasteiger partial charge on any atom is 0.407 e. The van der Waals surface area contributed by atoms with Crippen molar-refractivity contribution in [3.63, 3.8) is 0 Å². The van der Waals surface area contributed by atoms with Crippen molar-refractivity contribution in [2.75, 3.05) is 11.1 Å². The molecule has 162 valence electrons. The highest BCUT2D eigenvalue weighted by Crippen LogP contribution is 2.38. The van der Waals surface area contributed by atoms with Crippen molar-refractivity contribution in [3.05, 3.63) is 35.3 Å². The van der Waals surface area contributed by atoms with Crippen molar-refractivity contribution in [2.24, 2.45) is 0 Å². The monoisotopic (exact) mass is 436 g/mol. The average molecular weight is 437 g/mol. The molecule has 30 heavy (non-hydrogen) atoms. The Morgan fingerprint density at radius 1 is 1.33 bits per heavy atom. The first-order chi connectivity index (χ1) is 14.2.